The molecule has 1 fully saturated rings. The SMILES string of the molecule is Cc1ccc(COc2ccc(Br)cc2/C=C2/SC(=S)N(c3ccccc3)C2=O)cc1. The predicted molar refractivity (Wildman–Crippen MR) is 132 cm³/mol. The molecule has 1 amide bonds. The highest BCUT2D eigenvalue weighted by molar-refractivity contribution is 9.10. The van der Waals surface area contributed by atoms with Crippen molar-refractivity contribution in [2.45, 2.75) is 13.5 Å². The molecule has 0 radical (unpaired) electrons. The maximum atomic E-state index is 13.0. The van der Waals surface area contributed by atoms with Gasteiger partial charge in [-0.2, -0.15) is 0 Å². The number of nitrogens with zero attached hydrogens (tertiary/aromatic N) is 1. The van der Waals surface area contributed by atoms with Crippen LogP contribution in [0.4, 0.5) is 5.69 Å². The highest BCUT2D eigenvalue weighted by Gasteiger charge is 2.33. The summed E-state index contributed by atoms with van der Waals surface area (Å²) in [5.74, 6) is 0.587. The van der Waals surface area contributed by atoms with Crippen LogP contribution in [0, 0.1) is 6.92 Å². The first-order valence-corrected chi connectivity index (χ1v) is 11.3. The summed E-state index contributed by atoms with van der Waals surface area (Å²) < 4.78 is 7.50. The van der Waals surface area contributed by atoms with E-state index in [1.54, 1.807) is 4.90 Å². The Morgan fingerprint density at radius 1 is 1.07 bits per heavy atom. The molecule has 0 bridgehead atoms. The summed E-state index contributed by atoms with van der Waals surface area (Å²) in [7, 11) is 0. The van der Waals surface area contributed by atoms with Crippen LogP contribution in [0.2, 0.25) is 0 Å². The van der Waals surface area contributed by atoms with E-state index in [1.165, 1.54) is 17.3 Å². The summed E-state index contributed by atoms with van der Waals surface area (Å²) in [6.07, 6.45) is 1.84. The van der Waals surface area contributed by atoms with Gasteiger partial charge in [0.1, 0.15) is 12.4 Å². The molecule has 0 atom stereocenters. The van der Waals surface area contributed by atoms with Gasteiger partial charge < -0.3 is 4.74 Å². The molecule has 1 heterocycles. The number of halogens is 1. The average molecular weight is 496 g/mol. The van der Waals surface area contributed by atoms with E-state index in [-0.39, 0.29) is 5.91 Å². The van der Waals surface area contributed by atoms with Gasteiger partial charge in [-0.25, -0.2) is 0 Å². The predicted octanol–water partition coefficient (Wildman–Crippen LogP) is 6.74. The van der Waals surface area contributed by atoms with Crippen LogP contribution in [0.3, 0.4) is 0 Å². The molecular weight excluding hydrogens is 478 g/mol. The summed E-state index contributed by atoms with van der Waals surface area (Å²) in [5.41, 5.74) is 3.90. The van der Waals surface area contributed by atoms with Crippen molar-refractivity contribution >= 4 is 61.9 Å². The van der Waals surface area contributed by atoms with Crippen molar-refractivity contribution in [2.75, 3.05) is 4.90 Å². The Hall–Kier alpha value is -2.41. The van der Waals surface area contributed by atoms with Gasteiger partial charge in [0.25, 0.3) is 5.91 Å². The minimum Gasteiger partial charge on any atom is -0.488 e. The number of carbonyl (C=O) groups is 1. The second-order valence-electron chi connectivity index (χ2n) is 6.81. The van der Waals surface area contributed by atoms with E-state index >= 15 is 0 Å². The second-order valence-corrected chi connectivity index (χ2v) is 9.40. The average Bonchev–Trinajstić information content (AvgIpc) is 3.02. The molecule has 0 aliphatic carbocycles. The fraction of sp³-hybridized carbons (Fsp3) is 0.0833. The molecule has 30 heavy (non-hydrogen) atoms. The van der Waals surface area contributed by atoms with Gasteiger partial charge in [0.05, 0.1) is 10.6 Å². The minimum absolute atomic E-state index is 0.124. The largest absolute Gasteiger partial charge is 0.488 e. The lowest BCUT2D eigenvalue weighted by atomic mass is 10.1. The van der Waals surface area contributed by atoms with E-state index in [9.17, 15) is 4.79 Å². The van der Waals surface area contributed by atoms with Crippen LogP contribution >= 0.6 is 39.9 Å². The molecule has 1 saturated heterocycles. The lowest BCUT2D eigenvalue weighted by molar-refractivity contribution is -0.113. The first-order valence-electron chi connectivity index (χ1n) is 9.32. The van der Waals surface area contributed by atoms with Crippen LogP contribution in [0.1, 0.15) is 16.7 Å². The molecule has 6 heteroatoms. The highest BCUT2D eigenvalue weighted by Crippen LogP contribution is 2.37. The topological polar surface area (TPSA) is 29.5 Å². The zero-order chi connectivity index (χ0) is 21.1. The fourth-order valence-corrected chi connectivity index (χ4v) is 4.69. The van der Waals surface area contributed by atoms with Gasteiger partial charge >= 0.3 is 0 Å². The first-order chi connectivity index (χ1) is 14.5. The molecule has 1 aliphatic rings. The smallest absolute Gasteiger partial charge is 0.270 e. The van der Waals surface area contributed by atoms with Crippen molar-refractivity contribution in [1.29, 1.82) is 0 Å². The Labute approximate surface area is 193 Å². The molecule has 3 aromatic rings. The molecule has 0 spiro atoms. The third-order valence-corrected chi connectivity index (χ3v) is 6.38. The number of carbonyl (C=O) groups excluding carboxylic acids is 1. The van der Waals surface area contributed by atoms with Crippen LogP contribution in [-0.4, -0.2) is 10.2 Å². The van der Waals surface area contributed by atoms with E-state index in [0.717, 1.165) is 21.3 Å². The Morgan fingerprint density at radius 3 is 2.53 bits per heavy atom. The molecule has 3 aromatic carbocycles. The summed E-state index contributed by atoms with van der Waals surface area (Å²) >= 11 is 10.3. The molecule has 0 N–H and O–H groups in total. The number of rotatable bonds is 5. The van der Waals surface area contributed by atoms with Gasteiger partial charge in [-0.05, 0) is 48.9 Å². The summed E-state index contributed by atoms with van der Waals surface area (Å²) in [6, 6.07) is 23.5. The van der Waals surface area contributed by atoms with Crippen molar-refractivity contribution in [2.24, 2.45) is 0 Å². The fourth-order valence-electron chi connectivity index (χ4n) is 3.02. The van der Waals surface area contributed by atoms with Gasteiger partial charge in [0.15, 0.2) is 4.32 Å². The molecule has 0 saturated carbocycles. The lowest BCUT2D eigenvalue weighted by Crippen LogP contribution is -2.27. The summed E-state index contributed by atoms with van der Waals surface area (Å²) in [4.78, 5) is 15.2. The zero-order valence-corrected chi connectivity index (χ0v) is 19.4. The van der Waals surface area contributed by atoms with Crippen LogP contribution in [0.25, 0.3) is 6.08 Å². The van der Waals surface area contributed by atoms with Crippen molar-refractivity contribution in [3.63, 3.8) is 0 Å². The van der Waals surface area contributed by atoms with Crippen LogP contribution in [-0.2, 0) is 11.4 Å². The third kappa shape index (κ3) is 4.67. The lowest BCUT2D eigenvalue weighted by Gasteiger charge is -2.14. The number of hydrogen-bond donors (Lipinski definition) is 0. The Bertz CT molecular complexity index is 1130. The van der Waals surface area contributed by atoms with E-state index in [1.807, 2.05) is 54.6 Å². The first kappa shape index (κ1) is 20.8. The maximum absolute atomic E-state index is 13.0. The molecule has 1 aliphatic heterocycles. The van der Waals surface area contributed by atoms with Gasteiger partial charge in [-0.15, -0.1) is 0 Å². The van der Waals surface area contributed by atoms with E-state index in [4.69, 9.17) is 17.0 Å². The second kappa shape index (κ2) is 9.16. The maximum Gasteiger partial charge on any atom is 0.270 e. The third-order valence-electron chi connectivity index (χ3n) is 4.58. The quantitative estimate of drug-likeness (QED) is 0.289. The number of hydrogen-bond acceptors (Lipinski definition) is 4. The number of thiocarbonyl (C=S) groups is 1. The summed E-state index contributed by atoms with van der Waals surface area (Å²) in [5, 5.41) is 0. The van der Waals surface area contributed by atoms with Gasteiger partial charge in [0, 0.05) is 10.0 Å². The van der Waals surface area contributed by atoms with Crippen LogP contribution in [0.15, 0.2) is 82.2 Å². The minimum atomic E-state index is -0.124. The Balaban J connectivity index is 1.60. The Kier molecular flexibility index (Phi) is 6.37. The molecule has 3 nitrogen and oxygen atoms in total. The standard InChI is InChI=1S/C24H18BrNO2S2/c1-16-7-9-17(10-8-16)15-28-21-12-11-19(25)13-18(21)14-22-23(27)26(24(29)30-22)20-5-3-2-4-6-20/h2-14H,15H2,1H3/b22-14+. The number of anilines is 1. The molecule has 4 rings (SSSR count). The van der Waals surface area contributed by atoms with E-state index < -0.39 is 0 Å². The normalized spacial score (nSPS) is 15.1. The van der Waals surface area contributed by atoms with E-state index in [0.29, 0.717) is 21.6 Å². The van der Waals surface area contributed by atoms with E-state index in [2.05, 4.69) is 47.1 Å². The monoisotopic (exact) mass is 495 g/mol. The number of ether oxygens (including phenoxy) is 1. The van der Waals surface area contributed by atoms with Crippen molar-refractivity contribution in [1.82, 2.24) is 0 Å². The molecule has 0 aromatic heterocycles. The summed E-state index contributed by atoms with van der Waals surface area (Å²) in [6.45, 7) is 2.51. The number of para-hydroxylation sites is 1. The van der Waals surface area contributed by atoms with Gasteiger partial charge in [-0.3, -0.25) is 9.69 Å². The number of aryl methyl sites for hydroxylation is 1. The number of benzene rings is 3. The number of thioether (sulfide) groups is 1. The highest BCUT2D eigenvalue weighted by atomic mass is 79.9. The van der Waals surface area contributed by atoms with Crippen LogP contribution < -0.4 is 9.64 Å². The van der Waals surface area contributed by atoms with Gasteiger partial charge in [-0.1, -0.05) is 87.9 Å². The molecular formula is C24H18BrNO2S2. The van der Waals surface area contributed by atoms with Crippen molar-refractivity contribution in [3.05, 3.63) is 98.9 Å². The molecule has 0 unspecified atom stereocenters. The van der Waals surface area contributed by atoms with Crippen molar-refractivity contribution in [3.8, 4) is 5.75 Å². The Morgan fingerprint density at radius 2 is 1.80 bits per heavy atom. The zero-order valence-electron chi connectivity index (χ0n) is 16.2. The number of amides is 1. The van der Waals surface area contributed by atoms with Crippen LogP contribution in [0.5, 0.6) is 5.75 Å². The molecule has 150 valence electrons. The van der Waals surface area contributed by atoms with Crippen molar-refractivity contribution < 1.29 is 9.53 Å². The van der Waals surface area contributed by atoms with Gasteiger partial charge in [0.2, 0.25) is 0 Å².